The molecule has 6 heteroatoms. The molecule has 1 heterocycles. The summed E-state index contributed by atoms with van der Waals surface area (Å²) in [5, 5.41) is 17.4. The molecule has 0 saturated carbocycles. The highest BCUT2D eigenvalue weighted by Crippen LogP contribution is 2.32. The third kappa shape index (κ3) is 2.16. The maximum absolute atomic E-state index is 8.85. The number of nitrogens with zero attached hydrogens (tertiary/aromatic N) is 3. The van der Waals surface area contributed by atoms with Crippen molar-refractivity contribution >= 4 is 28.9 Å². The van der Waals surface area contributed by atoms with Gasteiger partial charge in [0.1, 0.15) is 11.8 Å². The van der Waals surface area contributed by atoms with Crippen molar-refractivity contribution in [2.75, 3.05) is 5.73 Å². The van der Waals surface area contributed by atoms with Crippen LogP contribution in [0.1, 0.15) is 5.56 Å². The molecule has 0 unspecified atom stereocenters. The van der Waals surface area contributed by atoms with Gasteiger partial charge in [-0.3, -0.25) is 0 Å². The van der Waals surface area contributed by atoms with Gasteiger partial charge in [-0.05, 0) is 18.2 Å². The highest BCUT2D eigenvalue weighted by molar-refractivity contribution is 6.36. The average Bonchev–Trinajstić information content (AvgIpc) is 2.30. The van der Waals surface area contributed by atoms with Crippen LogP contribution in [-0.4, -0.2) is 10.2 Å². The highest BCUT2D eigenvalue weighted by atomic mass is 35.5. The van der Waals surface area contributed by atoms with Crippen LogP contribution in [0.2, 0.25) is 10.0 Å². The van der Waals surface area contributed by atoms with Crippen LogP contribution in [0.15, 0.2) is 24.4 Å². The van der Waals surface area contributed by atoms with Gasteiger partial charge in [0.25, 0.3) is 0 Å². The Morgan fingerprint density at radius 1 is 1.29 bits per heavy atom. The number of rotatable bonds is 1. The molecular formula is C11H6Cl2N4. The van der Waals surface area contributed by atoms with Crippen LogP contribution in [0.25, 0.3) is 11.3 Å². The van der Waals surface area contributed by atoms with Gasteiger partial charge in [-0.25, -0.2) is 0 Å². The van der Waals surface area contributed by atoms with Crippen LogP contribution in [0, 0.1) is 11.3 Å². The second kappa shape index (κ2) is 4.58. The fourth-order valence-corrected chi connectivity index (χ4v) is 1.86. The van der Waals surface area contributed by atoms with E-state index in [-0.39, 0.29) is 11.3 Å². The number of nitriles is 1. The van der Waals surface area contributed by atoms with Crippen LogP contribution >= 0.6 is 23.2 Å². The average molecular weight is 265 g/mol. The minimum Gasteiger partial charge on any atom is -0.396 e. The molecule has 17 heavy (non-hydrogen) atoms. The predicted molar refractivity (Wildman–Crippen MR) is 66.6 cm³/mol. The van der Waals surface area contributed by atoms with E-state index in [4.69, 9.17) is 34.2 Å². The van der Waals surface area contributed by atoms with Gasteiger partial charge in [-0.15, -0.1) is 5.10 Å². The van der Waals surface area contributed by atoms with Crippen molar-refractivity contribution < 1.29 is 0 Å². The summed E-state index contributed by atoms with van der Waals surface area (Å²) in [6.45, 7) is 0. The zero-order valence-corrected chi connectivity index (χ0v) is 10.00. The standard InChI is InChI=1S/C11H6Cl2N4/c12-7-1-2-8(9(13)3-7)11-10(15)6(4-14)5-16-17-11/h1-3,5H,(H2,15,16). The molecule has 0 aliphatic heterocycles. The van der Waals surface area contributed by atoms with Crippen LogP contribution in [-0.2, 0) is 0 Å². The van der Waals surface area contributed by atoms with Crippen molar-refractivity contribution in [2.45, 2.75) is 0 Å². The number of halogens is 2. The second-order valence-corrected chi connectivity index (χ2v) is 4.10. The van der Waals surface area contributed by atoms with Gasteiger partial charge in [0.2, 0.25) is 0 Å². The van der Waals surface area contributed by atoms with Crippen LogP contribution in [0.5, 0.6) is 0 Å². The summed E-state index contributed by atoms with van der Waals surface area (Å²) in [5.41, 5.74) is 7.31. The Bertz CT molecular complexity index is 619. The van der Waals surface area contributed by atoms with E-state index in [1.165, 1.54) is 6.20 Å². The van der Waals surface area contributed by atoms with E-state index in [2.05, 4.69) is 10.2 Å². The number of nitrogen functional groups attached to an aromatic ring is 1. The fraction of sp³-hybridized carbons (Fsp3) is 0. The maximum atomic E-state index is 8.85. The first-order valence-corrected chi connectivity index (χ1v) is 5.35. The molecule has 2 aromatic rings. The first-order valence-electron chi connectivity index (χ1n) is 4.60. The molecule has 0 fully saturated rings. The van der Waals surface area contributed by atoms with Crippen molar-refractivity contribution in [3.63, 3.8) is 0 Å². The Morgan fingerprint density at radius 2 is 2.06 bits per heavy atom. The summed E-state index contributed by atoms with van der Waals surface area (Å²) in [6, 6.07) is 6.88. The zero-order chi connectivity index (χ0) is 12.4. The Morgan fingerprint density at radius 3 is 2.71 bits per heavy atom. The SMILES string of the molecule is N#Cc1cnnc(-c2ccc(Cl)cc2Cl)c1N. The lowest BCUT2D eigenvalue weighted by molar-refractivity contribution is 1.03. The van der Waals surface area contributed by atoms with Crippen molar-refractivity contribution in [1.82, 2.24) is 10.2 Å². The number of hydrogen-bond donors (Lipinski definition) is 1. The topological polar surface area (TPSA) is 75.6 Å². The summed E-state index contributed by atoms with van der Waals surface area (Å²) in [6.07, 6.45) is 1.31. The molecule has 0 aliphatic rings. The third-order valence-corrected chi connectivity index (χ3v) is 2.74. The van der Waals surface area contributed by atoms with Crippen molar-refractivity contribution in [2.24, 2.45) is 0 Å². The van der Waals surface area contributed by atoms with Gasteiger partial charge in [-0.2, -0.15) is 10.4 Å². The monoisotopic (exact) mass is 264 g/mol. The number of hydrogen-bond acceptors (Lipinski definition) is 4. The Hall–Kier alpha value is -1.83. The normalized spacial score (nSPS) is 9.94. The molecule has 84 valence electrons. The van der Waals surface area contributed by atoms with Gasteiger partial charge in [-0.1, -0.05) is 23.2 Å². The molecule has 4 nitrogen and oxygen atoms in total. The largest absolute Gasteiger partial charge is 0.396 e. The molecule has 0 saturated heterocycles. The van der Waals surface area contributed by atoms with Crippen molar-refractivity contribution in [3.8, 4) is 17.3 Å². The number of nitrogens with two attached hydrogens (primary N) is 1. The summed E-state index contributed by atoms with van der Waals surface area (Å²) >= 11 is 11.8. The first-order chi connectivity index (χ1) is 8.13. The van der Waals surface area contributed by atoms with E-state index >= 15 is 0 Å². The van der Waals surface area contributed by atoms with E-state index in [0.29, 0.717) is 21.3 Å². The van der Waals surface area contributed by atoms with Gasteiger partial charge in [0, 0.05) is 10.6 Å². The highest BCUT2D eigenvalue weighted by Gasteiger charge is 2.12. The molecule has 0 radical (unpaired) electrons. The number of aromatic nitrogens is 2. The van der Waals surface area contributed by atoms with E-state index in [0.717, 1.165) is 0 Å². The van der Waals surface area contributed by atoms with Gasteiger partial charge in [0.05, 0.1) is 22.5 Å². The Kier molecular flexibility index (Phi) is 3.14. The van der Waals surface area contributed by atoms with Crippen LogP contribution in [0.3, 0.4) is 0 Å². The molecular weight excluding hydrogens is 259 g/mol. The molecule has 1 aromatic carbocycles. The predicted octanol–water partition coefficient (Wildman–Crippen LogP) is 2.90. The minimum atomic E-state index is 0.256. The molecule has 0 amide bonds. The summed E-state index contributed by atoms with van der Waals surface area (Å²) in [5.74, 6) is 0. The second-order valence-electron chi connectivity index (χ2n) is 3.26. The summed E-state index contributed by atoms with van der Waals surface area (Å²) in [4.78, 5) is 0. The van der Waals surface area contributed by atoms with Gasteiger partial charge >= 0.3 is 0 Å². The van der Waals surface area contributed by atoms with Gasteiger partial charge < -0.3 is 5.73 Å². The Balaban J connectivity index is 2.66. The smallest absolute Gasteiger partial charge is 0.119 e. The molecule has 0 aliphatic carbocycles. The van der Waals surface area contributed by atoms with Crippen molar-refractivity contribution in [3.05, 3.63) is 40.0 Å². The zero-order valence-electron chi connectivity index (χ0n) is 8.48. The first kappa shape index (κ1) is 11.6. The maximum Gasteiger partial charge on any atom is 0.119 e. The molecule has 0 spiro atoms. The summed E-state index contributed by atoms with van der Waals surface area (Å²) < 4.78 is 0. The minimum absolute atomic E-state index is 0.256. The molecule has 1 aromatic heterocycles. The lowest BCUT2D eigenvalue weighted by atomic mass is 10.1. The quantitative estimate of drug-likeness (QED) is 0.860. The lowest BCUT2D eigenvalue weighted by Gasteiger charge is -2.06. The van der Waals surface area contributed by atoms with Crippen LogP contribution in [0.4, 0.5) is 5.69 Å². The van der Waals surface area contributed by atoms with E-state index < -0.39 is 0 Å². The van der Waals surface area contributed by atoms with E-state index in [1.54, 1.807) is 18.2 Å². The number of benzene rings is 1. The molecule has 2 rings (SSSR count). The molecule has 0 bridgehead atoms. The summed E-state index contributed by atoms with van der Waals surface area (Å²) in [7, 11) is 0. The van der Waals surface area contributed by atoms with E-state index in [1.807, 2.05) is 6.07 Å². The third-order valence-electron chi connectivity index (χ3n) is 2.20. The van der Waals surface area contributed by atoms with Crippen molar-refractivity contribution in [1.29, 1.82) is 5.26 Å². The Labute approximate surface area is 108 Å². The molecule has 0 atom stereocenters. The molecule has 2 N–H and O–H groups in total. The van der Waals surface area contributed by atoms with E-state index in [9.17, 15) is 0 Å². The van der Waals surface area contributed by atoms with Gasteiger partial charge in [0.15, 0.2) is 0 Å². The lowest BCUT2D eigenvalue weighted by Crippen LogP contribution is -1.99. The number of anilines is 1. The van der Waals surface area contributed by atoms with Crippen LogP contribution < -0.4 is 5.73 Å². The fourth-order valence-electron chi connectivity index (χ4n) is 1.36.